The molecule has 0 bridgehead atoms. The number of benzene rings is 2. The first-order valence-corrected chi connectivity index (χ1v) is 11.1. The normalized spacial score (nSPS) is 14.4. The van der Waals surface area contributed by atoms with Crippen LogP contribution in [0.2, 0.25) is 0 Å². The Morgan fingerprint density at radius 3 is 2.42 bits per heavy atom. The molecule has 0 radical (unpaired) electrons. The molecule has 1 saturated heterocycles. The van der Waals surface area contributed by atoms with Crippen LogP contribution < -0.4 is 4.90 Å². The van der Waals surface area contributed by atoms with E-state index in [1.54, 1.807) is 13.0 Å². The summed E-state index contributed by atoms with van der Waals surface area (Å²) in [6, 6.07) is 14.9. The molecule has 2 aromatic rings. The van der Waals surface area contributed by atoms with Gasteiger partial charge in [-0.05, 0) is 56.6 Å². The molecule has 1 aliphatic rings. The molecule has 3 rings (SSSR count). The van der Waals surface area contributed by atoms with E-state index in [2.05, 4.69) is 34.1 Å². The Morgan fingerprint density at radius 1 is 0.968 bits per heavy atom. The highest BCUT2D eigenvalue weighted by molar-refractivity contribution is 6.00. The van der Waals surface area contributed by atoms with Crippen LogP contribution >= 0.6 is 0 Å². The summed E-state index contributed by atoms with van der Waals surface area (Å²) < 4.78 is 4.93. The number of hydrogen-bond donors (Lipinski definition) is 1. The topological polar surface area (TPSA) is 70.1 Å². The molecule has 166 valence electrons. The first-order valence-electron chi connectivity index (χ1n) is 11.1. The van der Waals surface area contributed by atoms with Gasteiger partial charge in [0, 0.05) is 43.9 Å². The van der Waals surface area contributed by atoms with Crippen LogP contribution in [0.3, 0.4) is 0 Å². The molecule has 0 spiro atoms. The Bertz CT molecular complexity index is 861. The molecule has 31 heavy (non-hydrogen) atoms. The van der Waals surface area contributed by atoms with E-state index >= 15 is 0 Å². The third-order valence-corrected chi connectivity index (χ3v) is 5.69. The number of phenolic OH excluding ortho intramolecular Hbond substituents is 1. The molecule has 6 nitrogen and oxygen atoms in total. The van der Waals surface area contributed by atoms with E-state index in [0.717, 1.165) is 52.0 Å². The second-order valence-electron chi connectivity index (χ2n) is 7.85. The van der Waals surface area contributed by atoms with Gasteiger partial charge in [0.1, 0.15) is 11.3 Å². The SMILES string of the molecule is CCOC(=O)c1cc(C(=O)CCCCCN2CCN(c3ccccc3)CC2)ccc1O. The number of carbonyl (C=O) groups is 2. The minimum Gasteiger partial charge on any atom is -0.507 e. The lowest BCUT2D eigenvalue weighted by Gasteiger charge is -2.36. The van der Waals surface area contributed by atoms with Crippen LogP contribution in [0, 0.1) is 0 Å². The van der Waals surface area contributed by atoms with Gasteiger partial charge in [0.25, 0.3) is 0 Å². The number of piperazine rings is 1. The third-order valence-electron chi connectivity index (χ3n) is 5.69. The average molecular weight is 425 g/mol. The number of ketones is 1. The molecule has 0 saturated carbocycles. The lowest BCUT2D eigenvalue weighted by Crippen LogP contribution is -2.46. The molecule has 0 atom stereocenters. The molecule has 1 heterocycles. The largest absolute Gasteiger partial charge is 0.507 e. The third kappa shape index (κ3) is 6.56. The van der Waals surface area contributed by atoms with Gasteiger partial charge in [-0.25, -0.2) is 4.79 Å². The van der Waals surface area contributed by atoms with Crippen LogP contribution in [0.25, 0.3) is 0 Å². The maximum absolute atomic E-state index is 12.5. The second kappa shape index (κ2) is 11.5. The molecule has 0 aromatic heterocycles. The zero-order chi connectivity index (χ0) is 22.1. The van der Waals surface area contributed by atoms with Crippen molar-refractivity contribution in [1.82, 2.24) is 4.90 Å². The summed E-state index contributed by atoms with van der Waals surface area (Å²) >= 11 is 0. The monoisotopic (exact) mass is 424 g/mol. The van der Waals surface area contributed by atoms with E-state index in [1.807, 2.05) is 6.07 Å². The van der Waals surface area contributed by atoms with E-state index in [-0.39, 0.29) is 23.7 Å². The number of ether oxygens (including phenoxy) is 1. The molecule has 1 aliphatic heterocycles. The highest BCUT2D eigenvalue weighted by Gasteiger charge is 2.17. The first kappa shape index (κ1) is 22.8. The zero-order valence-electron chi connectivity index (χ0n) is 18.3. The Labute approximate surface area is 184 Å². The van der Waals surface area contributed by atoms with E-state index in [1.165, 1.54) is 17.8 Å². The standard InChI is InChI=1S/C25H32N2O4/c1-2-31-25(30)22-19-20(12-13-24(22)29)23(28)11-7-4-8-14-26-15-17-27(18-16-26)21-9-5-3-6-10-21/h3,5-6,9-10,12-13,19,29H,2,4,7-8,11,14-18H2,1H3. The van der Waals surface area contributed by atoms with Gasteiger partial charge in [0.15, 0.2) is 5.78 Å². The van der Waals surface area contributed by atoms with Crippen LogP contribution in [0.1, 0.15) is 53.3 Å². The Balaban J connectivity index is 1.35. The number of unbranched alkanes of at least 4 members (excludes halogenated alkanes) is 2. The highest BCUT2D eigenvalue weighted by Crippen LogP contribution is 2.21. The fourth-order valence-electron chi connectivity index (χ4n) is 3.89. The number of carbonyl (C=O) groups excluding carboxylic acids is 2. The van der Waals surface area contributed by atoms with Gasteiger partial charge in [-0.3, -0.25) is 9.69 Å². The average Bonchev–Trinajstić information content (AvgIpc) is 2.80. The predicted octanol–water partition coefficient (Wildman–Crippen LogP) is 4.13. The fraction of sp³-hybridized carbons (Fsp3) is 0.440. The summed E-state index contributed by atoms with van der Waals surface area (Å²) in [7, 11) is 0. The quantitative estimate of drug-likeness (QED) is 0.351. The summed E-state index contributed by atoms with van der Waals surface area (Å²) in [6.45, 7) is 7.21. The summed E-state index contributed by atoms with van der Waals surface area (Å²) in [5.41, 5.74) is 1.78. The summed E-state index contributed by atoms with van der Waals surface area (Å²) in [5, 5.41) is 9.85. The number of anilines is 1. The smallest absolute Gasteiger partial charge is 0.341 e. The van der Waals surface area contributed by atoms with Crippen molar-refractivity contribution >= 4 is 17.4 Å². The van der Waals surface area contributed by atoms with Crippen molar-refractivity contribution in [2.75, 3.05) is 44.2 Å². The number of Topliss-reactive ketones (excluding diaryl/α,β-unsaturated/α-hetero) is 1. The summed E-state index contributed by atoms with van der Waals surface area (Å²) in [4.78, 5) is 29.3. The number of phenols is 1. The molecular formula is C25H32N2O4. The highest BCUT2D eigenvalue weighted by atomic mass is 16.5. The van der Waals surface area contributed by atoms with Crippen molar-refractivity contribution in [3.8, 4) is 5.75 Å². The summed E-state index contributed by atoms with van der Waals surface area (Å²) in [5.74, 6) is -0.786. The number of nitrogens with zero attached hydrogens (tertiary/aromatic N) is 2. The second-order valence-corrected chi connectivity index (χ2v) is 7.85. The van der Waals surface area contributed by atoms with Crippen LogP contribution in [-0.4, -0.2) is 61.1 Å². The van der Waals surface area contributed by atoms with E-state index in [9.17, 15) is 14.7 Å². The Kier molecular flexibility index (Phi) is 8.47. The predicted molar refractivity (Wildman–Crippen MR) is 122 cm³/mol. The maximum atomic E-state index is 12.5. The van der Waals surface area contributed by atoms with E-state index in [4.69, 9.17) is 4.74 Å². The number of aromatic hydroxyl groups is 1. The van der Waals surface area contributed by atoms with Crippen molar-refractivity contribution in [1.29, 1.82) is 0 Å². The van der Waals surface area contributed by atoms with Gasteiger partial charge in [-0.2, -0.15) is 0 Å². The number of esters is 1. The van der Waals surface area contributed by atoms with Gasteiger partial charge in [-0.15, -0.1) is 0 Å². The van der Waals surface area contributed by atoms with E-state index in [0.29, 0.717) is 12.0 Å². The van der Waals surface area contributed by atoms with Crippen LogP contribution in [0.5, 0.6) is 5.75 Å². The number of rotatable bonds is 10. The van der Waals surface area contributed by atoms with Crippen LogP contribution in [0.4, 0.5) is 5.69 Å². The number of hydrogen-bond acceptors (Lipinski definition) is 6. The molecule has 6 heteroatoms. The van der Waals surface area contributed by atoms with Gasteiger partial charge in [0.05, 0.1) is 6.61 Å². The van der Waals surface area contributed by atoms with Crippen molar-refractivity contribution in [2.24, 2.45) is 0 Å². The van der Waals surface area contributed by atoms with Gasteiger partial charge in [-0.1, -0.05) is 24.6 Å². The number of para-hydroxylation sites is 1. The fourth-order valence-corrected chi connectivity index (χ4v) is 3.89. The summed E-state index contributed by atoms with van der Waals surface area (Å²) in [6.07, 6.45) is 3.32. The molecule has 1 N–H and O–H groups in total. The minimum atomic E-state index is -0.609. The van der Waals surface area contributed by atoms with E-state index < -0.39 is 5.97 Å². The molecule has 1 fully saturated rings. The molecule has 0 unspecified atom stereocenters. The van der Waals surface area contributed by atoms with Crippen LogP contribution in [0.15, 0.2) is 48.5 Å². The Morgan fingerprint density at radius 2 is 1.71 bits per heavy atom. The lowest BCUT2D eigenvalue weighted by molar-refractivity contribution is 0.0523. The van der Waals surface area contributed by atoms with Gasteiger partial charge >= 0.3 is 5.97 Å². The van der Waals surface area contributed by atoms with Crippen molar-refractivity contribution in [3.05, 3.63) is 59.7 Å². The zero-order valence-corrected chi connectivity index (χ0v) is 18.3. The van der Waals surface area contributed by atoms with Crippen molar-refractivity contribution in [3.63, 3.8) is 0 Å². The molecular weight excluding hydrogens is 392 g/mol. The van der Waals surface area contributed by atoms with Crippen molar-refractivity contribution in [2.45, 2.75) is 32.6 Å². The van der Waals surface area contributed by atoms with Gasteiger partial charge in [0.2, 0.25) is 0 Å². The first-order chi connectivity index (χ1) is 15.1. The van der Waals surface area contributed by atoms with Crippen molar-refractivity contribution < 1.29 is 19.4 Å². The maximum Gasteiger partial charge on any atom is 0.341 e. The minimum absolute atomic E-state index is 0.0120. The molecule has 2 aromatic carbocycles. The molecule has 0 aliphatic carbocycles. The van der Waals surface area contributed by atoms with Crippen LogP contribution in [-0.2, 0) is 4.74 Å². The molecule has 0 amide bonds. The van der Waals surface area contributed by atoms with Gasteiger partial charge < -0.3 is 14.7 Å². The lowest BCUT2D eigenvalue weighted by atomic mass is 10.0. The Hall–Kier alpha value is -2.86.